The molecule has 1 unspecified atom stereocenters. The molecule has 0 saturated heterocycles. The number of hydrogen-bond acceptors (Lipinski definition) is 7. The average molecular weight is 502 g/mol. The fraction of sp³-hybridized carbons (Fsp3) is 0.360. The summed E-state index contributed by atoms with van der Waals surface area (Å²) < 4.78 is 50.6. The molecule has 0 spiro atoms. The Labute approximate surface area is 203 Å². The van der Waals surface area contributed by atoms with E-state index >= 15 is 0 Å². The van der Waals surface area contributed by atoms with Gasteiger partial charge < -0.3 is 4.90 Å². The van der Waals surface area contributed by atoms with Crippen molar-refractivity contribution in [1.82, 2.24) is 4.90 Å². The van der Waals surface area contributed by atoms with E-state index in [0.717, 1.165) is 11.1 Å². The van der Waals surface area contributed by atoms with Gasteiger partial charge in [0.15, 0.2) is 15.1 Å². The van der Waals surface area contributed by atoms with Crippen LogP contribution in [-0.2, 0) is 19.7 Å². The van der Waals surface area contributed by atoms with E-state index in [4.69, 9.17) is 0 Å². The Kier molecular flexibility index (Phi) is 11.1. The Morgan fingerprint density at radius 2 is 1.24 bits per heavy atom. The molecule has 7 nitrogen and oxygen atoms in total. The van der Waals surface area contributed by atoms with E-state index in [1.807, 2.05) is 0 Å². The summed E-state index contributed by atoms with van der Waals surface area (Å²) in [6.45, 7) is 13.7. The average Bonchev–Trinajstić information content (AvgIpc) is 2.81. The number of sulfone groups is 2. The summed E-state index contributed by atoms with van der Waals surface area (Å²) in [6, 6.07) is 14.7. The lowest BCUT2D eigenvalue weighted by atomic mass is 10.2. The first-order chi connectivity index (χ1) is 16.0. The first kappa shape index (κ1) is 29.1. The zero-order chi connectivity index (χ0) is 25.9. The van der Waals surface area contributed by atoms with E-state index in [0.29, 0.717) is 6.08 Å². The molecule has 0 bridgehead atoms. The third-order valence-electron chi connectivity index (χ3n) is 5.19. The molecule has 0 aromatic heterocycles. The van der Waals surface area contributed by atoms with Crippen LogP contribution < -0.4 is 0 Å². The highest BCUT2D eigenvalue weighted by molar-refractivity contribution is 7.95. The molecule has 9 heteroatoms. The van der Waals surface area contributed by atoms with Crippen molar-refractivity contribution >= 4 is 19.7 Å². The highest BCUT2D eigenvalue weighted by Gasteiger charge is 2.30. The molecule has 34 heavy (non-hydrogen) atoms. The van der Waals surface area contributed by atoms with Crippen LogP contribution in [0.1, 0.15) is 31.9 Å². The molecule has 1 atom stereocenters. The molecule has 2 rings (SSSR count). The zero-order valence-electron chi connectivity index (χ0n) is 20.2. The molecule has 0 heterocycles. The van der Waals surface area contributed by atoms with Gasteiger partial charge in [0.2, 0.25) is 9.84 Å². The number of nitrogens with zero attached hydrogens (tertiary/aromatic N) is 3. The topological polar surface area (TPSA) is 119 Å². The van der Waals surface area contributed by atoms with Crippen molar-refractivity contribution in [1.29, 1.82) is 10.5 Å². The number of aryl methyl sites for hydroxylation is 2. The predicted octanol–water partition coefficient (Wildman–Crippen LogP) is 4.20. The molecule has 0 fully saturated rings. The molecular weight excluding hydrogens is 470 g/mol. The maximum absolute atomic E-state index is 12.7. The molecule has 0 radical (unpaired) electrons. The monoisotopic (exact) mass is 501 g/mol. The maximum atomic E-state index is 12.7. The molecule has 2 aromatic rings. The zero-order valence-corrected chi connectivity index (χ0v) is 21.8. The van der Waals surface area contributed by atoms with Crippen LogP contribution in [0.2, 0.25) is 0 Å². The van der Waals surface area contributed by atoms with Gasteiger partial charge in [-0.1, -0.05) is 56.2 Å². The van der Waals surface area contributed by atoms with Gasteiger partial charge in [0.1, 0.15) is 11.0 Å². The van der Waals surface area contributed by atoms with Gasteiger partial charge in [-0.05, 0) is 63.8 Å². The van der Waals surface area contributed by atoms with Crippen molar-refractivity contribution in [3.63, 3.8) is 0 Å². The Hall–Kier alpha value is -2.98. The van der Waals surface area contributed by atoms with Crippen molar-refractivity contribution in [2.75, 3.05) is 19.6 Å². The normalized spacial score (nSPS) is 12.8. The fourth-order valence-corrected chi connectivity index (χ4v) is 5.44. The smallest absolute Gasteiger partial charge is 0.216 e. The van der Waals surface area contributed by atoms with E-state index in [2.05, 4.69) is 25.7 Å². The van der Waals surface area contributed by atoms with Gasteiger partial charge in [0.25, 0.3) is 0 Å². The van der Waals surface area contributed by atoms with Crippen molar-refractivity contribution in [2.45, 2.75) is 49.7 Å². The summed E-state index contributed by atoms with van der Waals surface area (Å²) >= 11 is 0. The second-order valence-electron chi connectivity index (χ2n) is 7.49. The first-order valence-corrected chi connectivity index (χ1v) is 13.9. The molecule has 0 aliphatic carbocycles. The summed E-state index contributed by atoms with van der Waals surface area (Å²) in [7, 11) is -8.41. The van der Waals surface area contributed by atoms with E-state index in [9.17, 15) is 27.4 Å². The minimum Gasteiger partial charge on any atom is -0.304 e. The van der Waals surface area contributed by atoms with Crippen LogP contribution in [0, 0.1) is 36.5 Å². The molecule has 0 aliphatic rings. The van der Waals surface area contributed by atoms with Gasteiger partial charge in [-0.25, -0.2) is 16.8 Å². The maximum Gasteiger partial charge on any atom is 0.216 e. The van der Waals surface area contributed by atoms with Crippen LogP contribution in [-0.4, -0.2) is 46.6 Å². The van der Waals surface area contributed by atoms with Gasteiger partial charge in [-0.15, -0.1) is 0 Å². The standard InChI is InChI=1S/C19H16N2O4S2.C6H15N/c1-14-3-7-16(8-4-14)26(22,23)18(12-20)11-19(13-21)27(24,25)17-9-5-15(2)6-10-17;1-4-7(5-2)6-3/h3-11,18H,1-2H3;4-6H2,1-3H3/b19-11+;. The Bertz CT molecular complexity index is 1260. The number of allylic oxidation sites excluding steroid dienone is 1. The lowest BCUT2D eigenvalue weighted by molar-refractivity contribution is 0.321. The van der Waals surface area contributed by atoms with Crippen LogP contribution >= 0.6 is 0 Å². The quantitative estimate of drug-likeness (QED) is 0.497. The molecular formula is C25H31N3O4S2. The third kappa shape index (κ3) is 7.53. The second kappa shape index (κ2) is 13.0. The minimum atomic E-state index is -4.24. The van der Waals surface area contributed by atoms with Gasteiger partial charge in [-0.2, -0.15) is 10.5 Å². The predicted molar refractivity (Wildman–Crippen MR) is 133 cm³/mol. The van der Waals surface area contributed by atoms with Gasteiger partial charge >= 0.3 is 0 Å². The molecule has 2 aromatic carbocycles. The molecule has 0 saturated carbocycles. The highest BCUT2D eigenvalue weighted by Crippen LogP contribution is 2.23. The summed E-state index contributed by atoms with van der Waals surface area (Å²) in [6.07, 6.45) is 0.685. The van der Waals surface area contributed by atoms with E-state index in [1.165, 1.54) is 50.0 Å². The first-order valence-electron chi connectivity index (χ1n) is 10.8. The Morgan fingerprint density at radius 1 is 0.824 bits per heavy atom. The van der Waals surface area contributed by atoms with E-state index in [-0.39, 0.29) is 9.79 Å². The Balaban J connectivity index is 0.000000718. The molecule has 0 N–H and O–H groups in total. The number of benzene rings is 2. The molecule has 0 amide bonds. The highest BCUT2D eigenvalue weighted by atomic mass is 32.2. The third-order valence-corrected chi connectivity index (χ3v) is 8.72. The van der Waals surface area contributed by atoms with Crippen LogP contribution in [0.3, 0.4) is 0 Å². The lowest BCUT2D eigenvalue weighted by Crippen LogP contribution is -2.21. The van der Waals surface area contributed by atoms with Crippen LogP contribution in [0.25, 0.3) is 0 Å². The van der Waals surface area contributed by atoms with Gasteiger partial charge in [-0.3, -0.25) is 0 Å². The van der Waals surface area contributed by atoms with Crippen molar-refractivity contribution in [2.24, 2.45) is 0 Å². The summed E-state index contributed by atoms with van der Waals surface area (Å²) in [5.74, 6) is 0. The van der Waals surface area contributed by atoms with Crippen LogP contribution in [0.5, 0.6) is 0 Å². The fourth-order valence-electron chi connectivity index (χ4n) is 2.91. The number of hydrogen-bond donors (Lipinski definition) is 0. The van der Waals surface area contributed by atoms with Gasteiger partial charge in [0.05, 0.1) is 15.9 Å². The molecule has 0 aliphatic heterocycles. The minimum absolute atomic E-state index is 0.124. The molecule has 182 valence electrons. The second-order valence-corrected chi connectivity index (χ2v) is 11.5. The van der Waals surface area contributed by atoms with Crippen LogP contribution in [0.4, 0.5) is 0 Å². The SMILES string of the molecule is CCN(CC)CC.Cc1ccc(S(=O)(=O)/C(C#N)=C/C(C#N)S(=O)(=O)c2ccc(C)cc2)cc1. The van der Waals surface area contributed by atoms with Crippen molar-refractivity contribution in [3.8, 4) is 12.1 Å². The Morgan fingerprint density at radius 3 is 1.56 bits per heavy atom. The summed E-state index contributed by atoms with van der Waals surface area (Å²) in [4.78, 5) is 1.32. The number of nitriles is 2. The number of rotatable bonds is 8. The largest absolute Gasteiger partial charge is 0.304 e. The van der Waals surface area contributed by atoms with E-state index < -0.39 is 29.8 Å². The summed E-state index contributed by atoms with van der Waals surface area (Å²) in [5.41, 5.74) is 1.66. The van der Waals surface area contributed by atoms with E-state index in [1.54, 1.807) is 44.2 Å². The van der Waals surface area contributed by atoms with Gasteiger partial charge in [0, 0.05) is 0 Å². The van der Waals surface area contributed by atoms with Crippen LogP contribution in [0.15, 0.2) is 69.3 Å². The lowest BCUT2D eigenvalue weighted by Gasteiger charge is -2.13. The summed E-state index contributed by atoms with van der Waals surface area (Å²) in [5, 5.41) is 16.8. The van der Waals surface area contributed by atoms with Crippen molar-refractivity contribution in [3.05, 3.63) is 70.6 Å². The van der Waals surface area contributed by atoms with Crippen molar-refractivity contribution < 1.29 is 16.8 Å².